The zero-order chi connectivity index (χ0) is 10.7. The molecule has 2 heterocycles. The highest BCUT2D eigenvalue weighted by Gasteiger charge is 2.25. The molecule has 0 spiro atoms. The van der Waals surface area contributed by atoms with Crippen molar-refractivity contribution in [3.05, 3.63) is 0 Å². The van der Waals surface area contributed by atoms with Crippen molar-refractivity contribution in [3.8, 4) is 0 Å². The topological polar surface area (TPSA) is 44.4 Å². The molecule has 0 aromatic rings. The smallest absolute Gasteiger partial charge is 0.237 e. The fourth-order valence-corrected chi connectivity index (χ4v) is 2.46. The Labute approximate surface area is 91.4 Å². The molecule has 2 unspecified atom stereocenters. The van der Waals surface area contributed by atoms with Crippen LogP contribution in [0.3, 0.4) is 0 Å². The van der Waals surface area contributed by atoms with Crippen molar-refractivity contribution in [1.82, 2.24) is 15.5 Å². The number of rotatable bonds is 3. The second kappa shape index (κ2) is 4.94. The van der Waals surface area contributed by atoms with Crippen LogP contribution in [0.5, 0.6) is 0 Å². The minimum Gasteiger partial charge on any atom is -0.353 e. The van der Waals surface area contributed by atoms with Gasteiger partial charge in [0.15, 0.2) is 0 Å². The summed E-state index contributed by atoms with van der Waals surface area (Å²) in [5.74, 6) is 0.181. The van der Waals surface area contributed by atoms with E-state index in [1.54, 1.807) is 0 Å². The van der Waals surface area contributed by atoms with Crippen LogP contribution in [0.2, 0.25) is 0 Å². The van der Waals surface area contributed by atoms with Gasteiger partial charge in [0.05, 0.1) is 6.04 Å². The van der Waals surface area contributed by atoms with Crippen LogP contribution < -0.4 is 10.6 Å². The molecule has 2 aliphatic heterocycles. The van der Waals surface area contributed by atoms with E-state index < -0.39 is 0 Å². The van der Waals surface area contributed by atoms with E-state index in [1.165, 1.54) is 25.8 Å². The lowest BCUT2D eigenvalue weighted by molar-refractivity contribution is -0.128. The Hall–Kier alpha value is -0.610. The van der Waals surface area contributed by atoms with Crippen molar-refractivity contribution in [2.45, 2.75) is 38.3 Å². The van der Waals surface area contributed by atoms with Gasteiger partial charge in [-0.1, -0.05) is 0 Å². The number of carbonyl (C=O) groups excluding carboxylic acids is 1. The molecule has 4 nitrogen and oxygen atoms in total. The molecule has 2 rings (SSSR count). The third kappa shape index (κ3) is 2.69. The number of hydrogen-bond donors (Lipinski definition) is 2. The van der Waals surface area contributed by atoms with Crippen LogP contribution in [0.1, 0.15) is 26.2 Å². The van der Waals surface area contributed by atoms with Crippen molar-refractivity contribution in [1.29, 1.82) is 0 Å². The molecule has 2 fully saturated rings. The quantitative estimate of drug-likeness (QED) is 0.688. The zero-order valence-corrected chi connectivity index (χ0v) is 9.46. The molecular weight excluding hydrogens is 190 g/mol. The first-order valence-corrected chi connectivity index (χ1v) is 6.02. The fraction of sp³-hybridized carbons (Fsp3) is 0.909. The predicted molar refractivity (Wildman–Crippen MR) is 59.7 cm³/mol. The van der Waals surface area contributed by atoms with Crippen LogP contribution in [0.15, 0.2) is 0 Å². The standard InChI is InChI=1S/C11H21N3O/c1-9-11(15)13-6-8-14(9)7-4-10-3-2-5-12-10/h9-10,12H,2-8H2,1H3,(H,13,15). The molecule has 2 aliphatic rings. The first-order valence-electron chi connectivity index (χ1n) is 6.02. The molecule has 2 atom stereocenters. The Morgan fingerprint density at radius 3 is 3.07 bits per heavy atom. The molecule has 2 N–H and O–H groups in total. The molecule has 2 saturated heterocycles. The monoisotopic (exact) mass is 211 g/mol. The summed E-state index contributed by atoms with van der Waals surface area (Å²) in [4.78, 5) is 13.7. The molecule has 0 aromatic heterocycles. The van der Waals surface area contributed by atoms with Crippen molar-refractivity contribution >= 4 is 5.91 Å². The lowest BCUT2D eigenvalue weighted by atomic mass is 10.1. The van der Waals surface area contributed by atoms with E-state index in [0.29, 0.717) is 6.04 Å². The maximum Gasteiger partial charge on any atom is 0.237 e. The van der Waals surface area contributed by atoms with Crippen molar-refractivity contribution in [2.75, 3.05) is 26.2 Å². The second-order valence-corrected chi connectivity index (χ2v) is 4.58. The van der Waals surface area contributed by atoms with E-state index in [4.69, 9.17) is 0 Å². The Balaban J connectivity index is 1.75. The molecule has 1 amide bonds. The third-order valence-corrected chi connectivity index (χ3v) is 3.55. The van der Waals surface area contributed by atoms with Crippen molar-refractivity contribution < 1.29 is 4.79 Å². The molecule has 0 aromatic carbocycles. The minimum absolute atomic E-state index is 0.0557. The number of nitrogens with zero attached hydrogens (tertiary/aromatic N) is 1. The van der Waals surface area contributed by atoms with E-state index in [0.717, 1.165) is 19.6 Å². The fourth-order valence-electron chi connectivity index (χ4n) is 2.46. The molecule has 0 saturated carbocycles. The van der Waals surface area contributed by atoms with Gasteiger partial charge in [0.2, 0.25) is 5.91 Å². The summed E-state index contributed by atoms with van der Waals surface area (Å²) in [6, 6.07) is 0.738. The highest BCUT2D eigenvalue weighted by atomic mass is 16.2. The number of nitrogens with one attached hydrogen (secondary N) is 2. The van der Waals surface area contributed by atoms with Gasteiger partial charge in [0.25, 0.3) is 0 Å². The first-order chi connectivity index (χ1) is 7.27. The lowest BCUT2D eigenvalue weighted by Crippen LogP contribution is -2.54. The minimum atomic E-state index is 0.0557. The lowest BCUT2D eigenvalue weighted by Gasteiger charge is -2.33. The van der Waals surface area contributed by atoms with Gasteiger partial charge < -0.3 is 10.6 Å². The molecule has 4 heteroatoms. The van der Waals surface area contributed by atoms with Gasteiger partial charge in [0, 0.05) is 25.7 Å². The normalized spacial score (nSPS) is 33.0. The van der Waals surface area contributed by atoms with Gasteiger partial charge >= 0.3 is 0 Å². The Morgan fingerprint density at radius 2 is 2.33 bits per heavy atom. The highest BCUT2D eigenvalue weighted by molar-refractivity contribution is 5.81. The third-order valence-electron chi connectivity index (χ3n) is 3.55. The molecular formula is C11H21N3O. The SMILES string of the molecule is CC1C(=O)NCCN1CCC1CCCN1. The Morgan fingerprint density at radius 1 is 1.47 bits per heavy atom. The van der Waals surface area contributed by atoms with Crippen LogP contribution in [-0.2, 0) is 4.79 Å². The van der Waals surface area contributed by atoms with Crippen LogP contribution >= 0.6 is 0 Å². The Kier molecular flexibility index (Phi) is 3.59. The maximum atomic E-state index is 11.4. The van der Waals surface area contributed by atoms with E-state index in [-0.39, 0.29) is 11.9 Å². The van der Waals surface area contributed by atoms with Gasteiger partial charge in [-0.05, 0) is 32.7 Å². The van der Waals surface area contributed by atoms with Crippen LogP contribution in [0.4, 0.5) is 0 Å². The summed E-state index contributed by atoms with van der Waals surface area (Å²) < 4.78 is 0. The highest BCUT2D eigenvalue weighted by Crippen LogP contribution is 2.11. The summed E-state index contributed by atoms with van der Waals surface area (Å²) in [5, 5.41) is 6.39. The number of carbonyl (C=O) groups is 1. The average Bonchev–Trinajstić information content (AvgIpc) is 2.73. The van der Waals surface area contributed by atoms with Crippen LogP contribution in [0.25, 0.3) is 0 Å². The number of amides is 1. The maximum absolute atomic E-state index is 11.4. The summed E-state index contributed by atoms with van der Waals surface area (Å²) >= 11 is 0. The van der Waals surface area contributed by atoms with Crippen molar-refractivity contribution in [3.63, 3.8) is 0 Å². The van der Waals surface area contributed by atoms with Gasteiger partial charge in [0.1, 0.15) is 0 Å². The van der Waals surface area contributed by atoms with E-state index >= 15 is 0 Å². The van der Waals surface area contributed by atoms with Gasteiger partial charge in [-0.15, -0.1) is 0 Å². The van der Waals surface area contributed by atoms with Crippen LogP contribution in [0, 0.1) is 0 Å². The van der Waals surface area contributed by atoms with E-state index in [9.17, 15) is 4.79 Å². The van der Waals surface area contributed by atoms with Gasteiger partial charge in [-0.25, -0.2) is 0 Å². The number of hydrogen-bond acceptors (Lipinski definition) is 3. The van der Waals surface area contributed by atoms with E-state index in [2.05, 4.69) is 15.5 Å². The largest absolute Gasteiger partial charge is 0.353 e. The summed E-state index contributed by atoms with van der Waals surface area (Å²) in [6.07, 6.45) is 3.78. The molecule has 15 heavy (non-hydrogen) atoms. The van der Waals surface area contributed by atoms with Crippen molar-refractivity contribution in [2.24, 2.45) is 0 Å². The second-order valence-electron chi connectivity index (χ2n) is 4.58. The average molecular weight is 211 g/mol. The molecule has 86 valence electrons. The first kappa shape index (κ1) is 10.9. The Bertz CT molecular complexity index is 226. The van der Waals surface area contributed by atoms with Gasteiger partial charge in [-0.3, -0.25) is 9.69 Å². The van der Waals surface area contributed by atoms with Gasteiger partial charge in [-0.2, -0.15) is 0 Å². The van der Waals surface area contributed by atoms with E-state index in [1.807, 2.05) is 6.92 Å². The summed E-state index contributed by atoms with van der Waals surface area (Å²) in [5.41, 5.74) is 0. The van der Waals surface area contributed by atoms with Crippen LogP contribution in [-0.4, -0.2) is 49.1 Å². The molecule has 0 radical (unpaired) electrons. The summed E-state index contributed by atoms with van der Waals surface area (Å²) in [6.45, 7) is 6.02. The summed E-state index contributed by atoms with van der Waals surface area (Å²) in [7, 11) is 0. The molecule has 0 bridgehead atoms. The zero-order valence-electron chi connectivity index (χ0n) is 9.46. The number of piperazine rings is 1. The molecule has 0 aliphatic carbocycles. The predicted octanol–water partition coefficient (Wildman–Crippen LogP) is -0.0512.